The molecule has 0 spiro atoms. The molecule has 12 heteroatoms. The summed E-state index contributed by atoms with van der Waals surface area (Å²) in [5.41, 5.74) is 2.26. The van der Waals surface area contributed by atoms with Crippen molar-refractivity contribution in [3.8, 4) is 5.75 Å². The number of thioether (sulfide) groups is 1. The number of aromatic nitrogens is 2. The predicted octanol–water partition coefficient (Wildman–Crippen LogP) is 8.40. The first-order chi connectivity index (χ1) is 21.3. The number of aliphatic hydroxyl groups excluding tert-OH is 1. The van der Waals surface area contributed by atoms with Crippen LogP contribution in [0.5, 0.6) is 5.75 Å². The minimum atomic E-state index is -1.02. The zero-order valence-electron chi connectivity index (χ0n) is 23.1. The van der Waals surface area contributed by atoms with Gasteiger partial charge in [0.1, 0.15) is 18.1 Å². The third kappa shape index (κ3) is 6.25. The average molecular weight is 665 g/mol. The van der Waals surface area contributed by atoms with Gasteiger partial charge in [-0.3, -0.25) is 14.5 Å². The second-order valence-electron chi connectivity index (χ2n) is 9.80. The standard InChI is InChI=1S/C32H23Cl2N3O5S2/c1-18-10-13-25(42-18)28(38)26-27(20-8-5-9-23(14-20)41-16-19-6-3-2-4-7-19)37(30(40)29(26)39)31-35-36-32(44-31)43-17-21-11-12-22(33)15-24(21)34/h2-15,27,39H,16-17H2,1H3. The van der Waals surface area contributed by atoms with Crippen LogP contribution in [-0.4, -0.2) is 27.0 Å². The Labute approximate surface area is 270 Å². The predicted molar refractivity (Wildman–Crippen MR) is 171 cm³/mol. The molecule has 0 saturated carbocycles. The van der Waals surface area contributed by atoms with Gasteiger partial charge in [-0.1, -0.05) is 94.8 Å². The molecule has 3 heterocycles. The van der Waals surface area contributed by atoms with E-state index in [0.717, 1.165) is 22.5 Å². The fourth-order valence-electron chi connectivity index (χ4n) is 4.69. The van der Waals surface area contributed by atoms with Crippen molar-refractivity contribution in [1.82, 2.24) is 10.2 Å². The third-order valence-electron chi connectivity index (χ3n) is 6.81. The smallest absolute Gasteiger partial charge is 0.296 e. The van der Waals surface area contributed by atoms with Gasteiger partial charge in [0.05, 0.1) is 11.6 Å². The molecule has 1 aliphatic rings. The van der Waals surface area contributed by atoms with E-state index in [2.05, 4.69) is 10.2 Å². The van der Waals surface area contributed by atoms with Crippen molar-refractivity contribution in [3.05, 3.63) is 135 Å². The van der Waals surface area contributed by atoms with E-state index in [1.54, 1.807) is 49.4 Å². The summed E-state index contributed by atoms with van der Waals surface area (Å²) < 4.78 is 12.2. The van der Waals surface area contributed by atoms with E-state index in [9.17, 15) is 14.7 Å². The zero-order chi connectivity index (χ0) is 30.8. The van der Waals surface area contributed by atoms with Crippen LogP contribution >= 0.6 is 46.3 Å². The van der Waals surface area contributed by atoms with Crippen LogP contribution in [0.25, 0.3) is 0 Å². The molecule has 3 aromatic carbocycles. The summed E-state index contributed by atoms with van der Waals surface area (Å²) in [7, 11) is 0. The second kappa shape index (κ2) is 12.9. The number of halogens is 2. The quantitative estimate of drug-likeness (QED) is 0.0902. The summed E-state index contributed by atoms with van der Waals surface area (Å²) in [6.07, 6.45) is 0. The van der Waals surface area contributed by atoms with Crippen molar-refractivity contribution >= 4 is 63.1 Å². The van der Waals surface area contributed by atoms with Gasteiger partial charge < -0.3 is 14.3 Å². The average Bonchev–Trinajstić information content (AvgIpc) is 3.74. The molecule has 0 radical (unpaired) electrons. The largest absolute Gasteiger partial charge is 0.503 e. The lowest BCUT2D eigenvalue weighted by molar-refractivity contribution is -0.117. The Balaban J connectivity index is 1.33. The van der Waals surface area contributed by atoms with Crippen molar-refractivity contribution in [2.45, 2.75) is 29.7 Å². The van der Waals surface area contributed by atoms with Crippen LogP contribution in [0.2, 0.25) is 10.0 Å². The molecule has 0 bridgehead atoms. The van der Waals surface area contributed by atoms with Crippen LogP contribution in [-0.2, 0) is 17.2 Å². The Morgan fingerprint density at radius 1 is 1.05 bits per heavy atom. The molecule has 1 amide bonds. The number of rotatable bonds is 10. The maximum atomic E-state index is 13.7. The van der Waals surface area contributed by atoms with Gasteiger partial charge in [-0.25, -0.2) is 0 Å². The number of carbonyl (C=O) groups excluding carboxylic acids is 2. The lowest BCUT2D eigenvalue weighted by Crippen LogP contribution is -2.31. The minimum absolute atomic E-state index is 0.00790. The molecule has 6 rings (SSSR count). The van der Waals surface area contributed by atoms with E-state index in [1.807, 2.05) is 36.4 Å². The highest BCUT2D eigenvalue weighted by Gasteiger charge is 2.47. The van der Waals surface area contributed by atoms with Gasteiger partial charge in [-0.05, 0) is 60.0 Å². The van der Waals surface area contributed by atoms with Crippen LogP contribution in [0, 0.1) is 6.92 Å². The molecule has 1 aliphatic heterocycles. The van der Waals surface area contributed by atoms with Crippen LogP contribution in [0.1, 0.15) is 39.0 Å². The summed E-state index contributed by atoms with van der Waals surface area (Å²) in [5.74, 6) is -0.508. The number of hydrogen-bond acceptors (Lipinski definition) is 9. The molecule has 2 aromatic heterocycles. The highest BCUT2D eigenvalue weighted by molar-refractivity contribution is 8.00. The number of Topliss-reactive ketones (excluding diaryl/α,β-unsaturated/α-hetero) is 1. The van der Waals surface area contributed by atoms with Crippen LogP contribution in [0.3, 0.4) is 0 Å². The Morgan fingerprint density at radius 2 is 1.86 bits per heavy atom. The molecule has 1 unspecified atom stereocenters. The Bertz CT molecular complexity index is 1890. The summed E-state index contributed by atoms with van der Waals surface area (Å²) in [5, 5.41) is 20.9. The van der Waals surface area contributed by atoms with Gasteiger partial charge in [0.15, 0.2) is 15.9 Å². The lowest BCUT2D eigenvalue weighted by atomic mass is 9.95. The molecule has 0 saturated heterocycles. The number of anilines is 1. The van der Waals surface area contributed by atoms with Crippen LogP contribution in [0.4, 0.5) is 5.13 Å². The van der Waals surface area contributed by atoms with Crippen molar-refractivity contribution < 1.29 is 23.8 Å². The Morgan fingerprint density at radius 3 is 2.61 bits per heavy atom. The van der Waals surface area contributed by atoms with Gasteiger partial charge in [0.2, 0.25) is 10.9 Å². The summed E-state index contributed by atoms with van der Waals surface area (Å²) in [6, 6.07) is 24.2. The van der Waals surface area contributed by atoms with Gasteiger partial charge in [0.25, 0.3) is 5.91 Å². The molecule has 44 heavy (non-hydrogen) atoms. The maximum absolute atomic E-state index is 13.7. The molecule has 1 N–H and O–H groups in total. The van der Waals surface area contributed by atoms with E-state index >= 15 is 0 Å². The van der Waals surface area contributed by atoms with E-state index in [-0.39, 0.29) is 16.5 Å². The van der Waals surface area contributed by atoms with Crippen LogP contribution < -0.4 is 9.64 Å². The number of carbonyl (C=O) groups is 2. The fourth-order valence-corrected chi connectivity index (χ4v) is 7.12. The number of aryl methyl sites for hydroxylation is 1. The normalized spacial score (nSPS) is 14.8. The maximum Gasteiger partial charge on any atom is 0.296 e. The first kappa shape index (κ1) is 30.0. The number of benzene rings is 3. The molecule has 222 valence electrons. The van der Waals surface area contributed by atoms with Crippen LogP contribution in [0.15, 0.2) is 105 Å². The summed E-state index contributed by atoms with van der Waals surface area (Å²) in [6.45, 7) is 2.03. The molecule has 1 atom stereocenters. The number of hydrogen-bond donors (Lipinski definition) is 1. The van der Waals surface area contributed by atoms with Crippen molar-refractivity contribution in [2.75, 3.05) is 4.90 Å². The highest BCUT2D eigenvalue weighted by Crippen LogP contribution is 2.44. The topological polar surface area (TPSA) is 106 Å². The van der Waals surface area contributed by atoms with Gasteiger partial charge in [0, 0.05) is 15.8 Å². The second-order valence-corrected chi connectivity index (χ2v) is 12.8. The Kier molecular flexibility index (Phi) is 8.76. The van der Waals surface area contributed by atoms with Crippen molar-refractivity contribution in [3.63, 3.8) is 0 Å². The molecule has 0 fully saturated rings. The van der Waals surface area contributed by atoms with Gasteiger partial charge >= 0.3 is 0 Å². The molecular weight excluding hydrogens is 641 g/mol. The lowest BCUT2D eigenvalue weighted by Gasteiger charge is -2.24. The summed E-state index contributed by atoms with van der Waals surface area (Å²) in [4.78, 5) is 28.6. The number of amides is 1. The number of ether oxygens (including phenoxy) is 1. The molecular formula is C32H23Cl2N3O5S2. The molecule has 0 aliphatic carbocycles. The SMILES string of the molecule is Cc1ccc(C(=O)C2=C(O)C(=O)N(c3nnc(SCc4ccc(Cl)cc4Cl)s3)C2c2cccc(OCc3ccccc3)c2)o1. The zero-order valence-corrected chi connectivity index (χ0v) is 26.2. The van der Waals surface area contributed by atoms with E-state index in [0.29, 0.717) is 43.8 Å². The highest BCUT2D eigenvalue weighted by atomic mass is 35.5. The molecule has 8 nitrogen and oxygen atoms in total. The van der Waals surface area contributed by atoms with Crippen molar-refractivity contribution in [1.29, 1.82) is 0 Å². The Hall–Kier alpha value is -4.09. The number of furan rings is 1. The first-order valence-electron chi connectivity index (χ1n) is 13.3. The monoisotopic (exact) mass is 663 g/mol. The van der Waals surface area contributed by atoms with Gasteiger partial charge in [-0.15, -0.1) is 10.2 Å². The fraction of sp³-hybridized carbons (Fsp3) is 0.125. The van der Waals surface area contributed by atoms with E-state index in [4.69, 9.17) is 32.4 Å². The number of aliphatic hydroxyl groups is 1. The van der Waals surface area contributed by atoms with E-state index in [1.165, 1.54) is 22.7 Å². The minimum Gasteiger partial charge on any atom is -0.503 e. The number of ketones is 1. The van der Waals surface area contributed by atoms with Crippen molar-refractivity contribution in [2.24, 2.45) is 0 Å². The molecule has 5 aromatic rings. The first-order valence-corrected chi connectivity index (χ1v) is 15.9. The third-order valence-corrected chi connectivity index (χ3v) is 9.50. The summed E-state index contributed by atoms with van der Waals surface area (Å²) >= 11 is 14.9. The van der Waals surface area contributed by atoms with E-state index < -0.39 is 23.5 Å². The number of nitrogens with zero attached hydrogens (tertiary/aromatic N) is 3. The van der Waals surface area contributed by atoms with Gasteiger partial charge in [-0.2, -0.15) is 0 Å².